The van der Waals surface area contributed by atoms with Gasteiger partial charge in [-0.25, -0.2) is 4.39 Å². The Morgan fingerprint density at radius 1 is 1.55 bits per heavy atom. The predicted molar refractivity (Wildman–Crippen MR) is 72.5 cm³/mol. The molecular weight excluding hydrogens is 265 g/mol. The number of ether oxygens (including phenoxy) is 1. The monoisotopic (exact) mass is 283 g/mol. The number of nitrogens with zero attached hydrogens (tertiary/aromatic N) is 2. The number of carbonyl (C=O) groups is 1. The largest absolute Gasteiger partial charge is 0.494 e. The second kappa shape index (κ2) is 6.74. The summed E-state index contributed by atoms with van der Waals surface area (Å²) in [6.45, 7) is 3.52. The first kappa shape index (κ1) is 15.7. The van der Waals surface area contributed by atoms with Crippen LogP contribution in [0.15, 0.2) is 23.4 Å². The van der Waals surface area contributed by atoms with Gasteiger partial charge < -0.3 is 20.6 Å². The van der Waals surface area contributed by atoms with Crippen LogP contribution in [-0.2, 0) is 0 Å². The Balaban J connectivity index is 3.03. The zero-order valence-electron chi connectivity index (χ0n) is 11.6. The number of halogens is 1. The summed E-state index contributed by atoms with van der Waals surface area (Å²) in [6, 6.07) is 3.76. The van der Waals surface area contributed by atoms with E-state index in [1.807, 2.05) is 0 Å². The van der Waals surface area contributed by atoms with E-state index in [-0.39, 0.29) is 29.7 Å². The van der Waals surface area contributed by atoms with Crippen molar-refractivity contribution in [3.8, 4) is 5.75 Å². The van der Waals surface area contributed by atoms with Crippen LogP contribution in [-0.4, -0.2) is 41.5 Å². The van der Waals surface area contributed by atoms with Crippen molar-refractivity contribution in [3.05, 3.63) is 29.6 Å². The molecule has 0 fully saturated rings. The number of amidine groups is 1. The van der Waals surface area contributed by atoms with Crippen LogP contribution in [0.1, 0.15) is 24.2 Å². The molecule has 20 heavy (non-hydrogen) atoms. The lowest BCUT2D eigenvalue weighted by Gasteiger charge is -2.26. The number of rotatable bonds is 5. The van der Waals surface area contributed by atoms with Gasteiger partial charge in [-0.1, -0.05) is 5.16 Å². The highest BCUT2D eigenvalue weighted by Crippen LogP contribution is 2.19. The van der Waals surface area contributed by atoms with E-state index in [0.29, 0.717) is 0 Å². The molecule has 1 aromatic rings. The lowest BCUT2D eigenvalue weighted by Crippen LogP contribution is -2.42. The van der Waals surface area contributed by atoms with Gasteiger partial charge in [-0.15, -0.1) is 0 Å². The summed E-state index contributed by atoms with van der Waals surface area (Å²) in [4.78, 5) is 13.7. The second-order valence-corrected chi connectivity index (χ2v) is 4.47. The molecule has 6 nitrogen and oxygen atoms in total. The lowest BCUT2D eigenvalue weighted by molar-refractivity contribution is 0.0733. The van der Waals surface area contributed by atoms with Crippen molar-refractivity contribution in [2.75, 3.05) is 13.7 Å². The number of benzene rings is 1. The average Bonchev–Trinajstić information content (AvgIpc) is 2.43. The molecule has 0 saturated carbocycles. The Hall–Kier alpha value is -2.31. The van der Waals surface area contributed by atoms with Gasteiger partial charge in [-0.2, -0.15) is 0 Å². The van der Waals surface area contributed by atoms with E-state index in [1.54, 1.807) is 13.8 Å². The minimum atomic E-state index is -0.620. The smallest absolute Gasteiger partial charge is 0.254 e. The molecule has 0 aromatic heterocycles. The Bertz CT molecular complexity index is 518. The summed E-state index contributed by atoms with van der Waals surface area (Å²) in [6.07, 6.45) is 0. The molecule has 0 saturated heterocycles. The van der Waals surface area contributed by atoms with E-state index < -0.39 is 11.7 Å². The third kappa shape index (κ3) is 3.59. The number of amides is 1. The summed E-state index contributed by atoms with van der Waals surface area (Å²) >= 11 is 0. The Labute approximate surface area is 116 Å². The molecule has 3 N–H and O–H groups in total. The molecule has 0 aliphatic heterocycles. The average molecular weight is 283 g/mol. The molecule has 1 aromatic carbocycles. The lowest BCUT2D eigenvalue weighted by atomic mass is 10.1. The van der Waals surface area contributed by atoms with Crippen molar-refractivity contribution < 1.29 is 19.1 Å². The van der Waals surface area contributed by atoms with Crippen molar-refractivity contribution in [1.29, 1.82) is 0 Å². The van der Waals surface area contributed by atoms with E-state index in [9.17, 15) is 9.18 Å². The van der Waals surface area contributed by atoms with Gasteiger partial charge >= 0.3 is 0 Å². The Kier molecular flexibility index (Phi) is 5.31. The standard InChI is InChI=1S/C13H18FN3O3/c1-8(2)17(7-12(15)16-19)13(18)9-4-5-11(20-3)10(14)6-9/h4-6,8,19H,7H2,1-3H3,(H2,15,16). The van der Waals surface area contributed by atoms with Crippen LogP contribution in [0.4, 0.5) is 4.39 Å². The summed E-state index contributed by atoms with van der Waals surface area (Å²) in [5.41, 5.74) is 5.58. The molecule has 0 heterocycles. The molecule has 1 amide bonds. The van der Waals surface area contributed by atoms with Crippen LogP contribution < -0.4 is 10.5 Å². The zero-order chi connectivity index (χ0) is 15.3. The molecule has 0 bridgehead atoms. The van der Waals surface area contributed by atoms with Gasteiger partial charge in [-0.3, -0.25) is 4.79 Å². The first-order valence-electron chi connectivity index (χ1n) is 6.01. The Morgan fingerprint density at radius 3 is 2.65 bits per heavy atom. The highest BCUT2D eigenvalue weighted by molar-refractivity contribution is 5.97. The molecule has 110 valence electrons. The zero-order valence-corrected chi connectivity index (χ0v) is 11.6. The third-order valence-electron chi connectivity index (χ3n) is 2.74. The fourth-order valence-electron chi connectivity index (χ4n) is 1.66. The first-order valence-corrected chi connectivity index (χ1v) is 6.01. The second-order valence-electron chi connectivity index (χ2n) is 4.47. The number of methoxy groups -OCH3 is 1. The van der Waals surface area contributed by atoms with E-state index in [4.69, 9.17) is 15.7 Å². The van der Waals surface area contributed by atoms with Crippen LogP contribution in [0.3, 0.4) is 0 Å². The molecule has 0 unspecified atom stereocenters. The van der Waals surface area contributed by atoms with Crippen LogP contribution in [0.5, 0.6) is 5.75 Å². The number of hydrogen-bond donors (Lipinski definition) is 2. The summed E-state index contributed by atoms with van der Waals surface area (Å²) in [7, 11) is 1.35. The Morgan fingerprint density at radius 2 is 2.20 bits per heavy atom. The molecular formula is C13H18FN3O3. The fourth-order valence-corrected chi connectivity index (χ4v) is 1.66. The van der Waals surface area contributed by atoms with Gasteiger partial charge in [0.2, 0.25) is 0 Å². The summed E-state index contributed by atoms with van der Waals surface area (Å²) in [5, 5.41) is 11.4. The van der Waals surface area contributed by atoms with Crippen molar-refractivity contribution in [1.82, 2.24) is 4.90 Å². The predicted octanol–water partition coefficient (Wildman–Crippen LogP) is 1.43. The molecule has 7 heteroatoms. The van der Waals surface area contributed by atoms with Gasteiger partial charge in [0.05, 0.1) is 13.7 Å². The quantitative estimate of drug-likeness (QED) is 0.370. The van der Waals surface area contributed by atoms with Gasteiger partial charge in [-0.05, 0) is 32.0 Å². The minimum absolute atomic E-state index is 0.0410. The van der Waals surface area contributed by atoms with Crippen LogP contribution >= 0.6 is 0 Å². The van der Waals surface area contributed by atoms with Crippen molar-refractivity contribution in [2.24, 2.45) is 10.9 Å². The van der Waals surface area contributed by atoms with Gasteiger partial charge in [0.1, 0.15) is 0 Å². The molecule has 0 spiro atoms. The third-order valence-corrected chi connectivity index (χ3v) is 2.74. The number of hydrogen-bond acceptors (Lipinski definition) is 4. The summed E-state index contributed by atoms with van der Waals surface area (Å²) in [5.74, 6) is -1.06. The van der Waals surface area contributed by atoms with Gasteiger partial charge in [0.25, 0.3) is 5.91 Å². The first-order chi connectivity index (χ1) is 9.40. The molecule has 0 atom stereocenters. The van der Waals surface area contributed by atoms with Crippen molar-refractivity contribution in [3.63, 3.8) is 0 Å². The maximum atomic E-state index is 13.6. The minimum Gasteiger partial charge on any atom is -0.494 e. The number of carbonyl (C=O) groups excluding carboxylic acids is 1. The van der Waals surface area contributed by atoms with Crippen LogP contribution in [0.2, 0.25) is 0 Å². The van der Waals surface area contributed by atoms with E-state index in [0.717, 1.165) is 6.07 Å². The maximum absolute atomic E-state index is 13.6. The van der Waals surface area contributed by atoms with Gasteiger partial charge in [0.15, 0.2) is 17.4 Å². The number of oxime groups is 1. The normalized spacial score (nSPS) is 11.6. The van der Waals surface area contributed by atoms with Crippen molar-refractivity contribution >= 4 is 11.7 Å². The topological polar surface area (TPSA) is 88.2 Å². The van der Waals surface area contributed by atoms with Crippen molar-refractivity contribution in [2.45, 2.75) is 19.9 Å². The maximum Gasteiger partial charge on any atom is 0.254 e. The molecule has 0 radical (unpaired) electrons. The van der Waals surface area contributed by atoms with E-state index >= 15 is 0 Å². The van der Waals surface area contributed by atoms with Crippen LogP contribution in [0.25, 0.3) is 0 Å². The molecule has 0 aliphatic carbocycles. The van der Waals surface area contributed by atoms with Crippen LogP contribution in [0, 0.1) is 5.82 Å². The fraction of sp³-hybridized carbons (Fsp3) is 0.385. The highest BCUT2D eigenvalue weighted by Gasteiger charge is 2.21. The SMILES string of the molecule is COc1ccc(C(=O)N(CC(N)=NO)C(C)C)cc1F. The number of nitrogens with two attached hydrogens (primary N) is 1. The highest BCUT2D eigenvalue weighted by atomic mass is 19.1. The molecule has 0 aliphatic rings. The molecule has 1 rings (SSSR count). The van der Waals surface area contributed by atoms with Gasteiger partial charge in [0, 0.05) is 11.6 Å². The van der Waals surface area contributed by atoms with E-state index in [2.05, 4.69) is 5.16 Å². The summed E-state index contributed by atoms with van der Waals surface area (Å²) < 4.78 is 18.4. The van der Waals surface area contributed by atoms with E-state index in [1.165, 1.54) is 24.1 Å².